The highest BCUT2D eigenvalue weighted by Crippen LogP contribution is 2.32. The van der Waals surface area contributed by atoms with Gasteiger partial charge in [-0.2, -0.15) is 0 Å². The Labute approximate surface area is 253 Å². The molecule has 1 heterocycles. The topological polar surface area (TPSA) is 125 Å². The lowest BCUT2D eigenvalue weighted by atomic mass is 9.85. The SMILES string of the molecule is COc1ccc(C(c2ccc(OC)cc2)[C@H](C)NC(=O)[C@@H](NC(=O)c2nccc(OC)c2OC(=O)C(C)C)C(C)C)cc1. The highest BCUT2D eigenvalue weighted by molar-refractivity contribution is 5.99. The molecule has 0 spiro atoms. The maximum absolute atomic E-state index is 13.7. The molecule has 2 aromatic carbocycles. The van der Waals surface area contributed by atoms with Gasteiger partial charge in [0.15, 0.2) is 11.4 Å². The van der Waals surface area contributed by atoms with Crippen LogP contribution in [-0.4, -0.2) is 56.2 Å². The van der Waals surface area contributed by atoms with Crippen LogP contribution < -0.4 is 29.6 Å². The summed E-state index contributed by atoms with van der Waals surface area (Å²) in [6, 6.07) is 15.6. The zero-order chi connectivity index (χ0) is 31.7. The molecule has 0 radical (unpaired) electrons. The van der Waals surface area contributed by atoms with Crippen molar-refractivity contribution < 1.29 is 33.3 Å². The molecule has 3 rings (SSSR count). The van der Waals surface area contributed by atoms with E-state index in [-0.39, 0.29) is 41.0 Å². The van der Waals surface area contributed by atoms with E-state index in [1.165, 1.54) is 19.4 Å². The molecule has 230 valence electrons. The number of ether oxygens (including phenoxy) is 4. The minimum absolute atomic E-state index is 0.100. The summed E-state index contributed by atoms with van der Waals surface area (Å²) in [5, 5.41) is 5.90. The number of nitrogens with one attached hydrogen (secondary N) is 2. The van der Waals surface area contributed by atoms with Crippen molar-refractivity contribution in [1.29, 1.82) is 0 Å². The largest absolute Gasteiger partial charge is 0.497 e. The first-order valence-electron chi connectivity index (χ1n) is 14.1. The Morgan fingerprint density at radius 3 is 1.70 bits per heavy atom. The van der Waals surface area contributed by atoms with Crippen LogP contribution in [0.1, 0.15) is 62.2 Å². The van der Waals surface area contributed by atoms with Crippen molar-refractivity contribution >= 4 is 17.8 Å². The molecule has 2 atom stereocenters. The number of hydrogen-bond acceptors (Lipinski definition) is 8. The minimum atomic E-state index is -0.913. The van der Waals surface area contributed by atoms with Gasteiger partial charge in [0.05, 0.1) is 27.2 Å². The molecule has 0 aliphatic rings. The van der Waals surface area contributed by atoms with Gasteiger partial charge in [0.25, 0.3) is 5.91 Å². The van der Waals surface area contributed by atoms with Gasteiger partial charge >= 0.3 is 5.97 Å². The van der Waals surface area contributed by atoms with Crippen LogP contribution in [0.2, 0.25) is 0 Å². The van der Waals surface area contributed by atoms with Crippen LogP contribution in [0, 0.1) is 11.8 Å². The molecule has 0 saturated carbocycles. The molecule has 2 N–H and O–H groups in total. The number of pyridine rings is 1. The standard InChI is InChI=1S/C33H41N3O7/c1-19(2)28(36-32(38)29-30(43-33(39)20(3)4)26(42-8)17-18-34-29)31(37)35-21(5)27(22-9-13-24(40-6)14-10-22)23-11-15-25(41-7)16-12-23/h9-21,27-28H,1-8H3,(H,35,37)(H,36,38)/t21-,28-/m0/s1. The van der Waals surface area contributed by atoms with Crippen LogP contribution in [-0.2, 0) is 9.59 Å². The Balaban J connectivity index is 1.88. The first-order valence-corrected chi connectivity index (χ1v) is 14.1. The molecular formula is C33H41N3O7. The fourth-order valence-corrected chi connectivity index (χ4v) is 4.60. The highest BCUT2D eigenvalue weighted by atomic mass is 16.6. The quantitative estimate of drug-likeness (QED) is 0.273. The monoisotopic (exact) mass is 591 g/mol. The van der Waals surface area contributed by atoms with E-state index in [0.29, 0.717) is 0 Å². The number of amides is 2. The summed E-state index contributed by atoms with van der Waals surface area (Å²) < 4.78 is 21.5. The third-order valence-corrected chi connectivity index (χ3v) is 7.03. The van der Waals surface area contributed by atoms with Gasteiger partial charge in [-0.15, -0.1) is 0 Å². The fraction of sp³-hybridized carbons (Fsp3) is 0.394. The summed E-state index contributed by atoms with van der Waals surface area (Å²) in [6.45, 7) is 8.94. The maximum atomic E-state index is 13.7. The van der Waals surface area contributed by atoms with Gasteiger partial charge in [-0.3, -0.25) is 14.4 Å². The highest BCUT2D eigenvalue weighted by Gasteiger charge is 2.31. The van der Waals surface area contributed by atoms with Crippen molar-refractivity contribution in [2.75, 3.05) is 21.3 Å². The Bertz CT molecular complexity index is 1340. The summed E-state index contributed by atoms with van der Waals surface area (Å²) in [6.07, 6.45) is 1.38. The fourth-order valence-electron chi connectivity index (χ4n) is 4.60. The van der Waals surface area contributed by atoms with Gasteiger partial charge in [0.2, 0.25) is 11.7 Å². The second-order valence-corrected chi connectivity index (χ2v) is 10.8. The van der Waals surface area contributed by atoms with Crippen molar-refractivity contribution in [3.05, 3.63) is 77.6 Å². The van der Waals surface area contributed by atoms with E-state index >= 15 is 0 Å². The number of nitrogens with zero attached hydrogens (tertiary/aromatic N) is 1. The maximum Gasteiger partial charge on any atom is 0.313 e. The number of esters is 1. The van der Waals surface area contributed by atoms with E-state index < -0.39 is 23.8 Å². The summed E-state index contributed by atoms with van der Waals surface area (Å²) in [4.78, 5) is 43.7. The molecule has 0 aliphatic carbocycles. The normalized spacial score (nSPS) is 12.4. The van der Waals surface area contributed by atoms with Crippen LogP contribution in [0.25, 0.3) is 0 Å². The summed E-state index contributed by atoms with van der Waals surface area (Å²) in [7, 11) is 4.62. The van der Waals surface area contributed by atoms with Gasteiger partial charge in [-0.05, 0) is 48.2 Å². The summed E-state index contributed by atoms with van der Waals surface area (Å²) in [5.41, 5.74) is 1.79. The second-order valence-electron chi connectivity index (χ2n) is 10.8. The second kappa shape index (κ2) is 15.0. The molecule has 0 aliphatic heterocycles. The van der Waals surface area contributed by atoms with E-state index in [9.17, 15) is 14.4 Å². The average molecular weight is 592 g/mol. The number of methoxy groups -OCH3 is 3. The third-order valence-electron chi connectivity index (χ3n) is 7.03. The number of rotatable bonds is 13. The van der Waals surface area contributed by atoms with Crippen LogP contribution in [0.3, 0.4) is 0 Å². The molecule has 1 aromatic heterocycles. The molecule has 0 unspecified atom stereocenters. The first-order chi connectivity index (χ1) is 20.5. The number of hydrogen-bond donors (Lipinski definition) is 2. The van der Waals surface area contributed by atoms with E-state index in [1.54, 1.807) is 28.1 Å². The van der Waals surface area contributed by atoms with E-state index in [2.05, 4.69) is 15.6 Å². The third kappa shape index (κ3) is 8.24. The number of carbonyl (C=O) groups is 3. The van der Waals surface area contributed by atoms with Gasteiger partial charge in [-0.1, -0.05) is 52.0 Å². The molecule has 3 aromatic rings. The molecule has 2 amide bonds. The minimum Gasteiger partial charge on any atom is -0.497 e. The average Bonchev–Trinajstić information content (AvgIpc) is 3.00. The summed E-state index contributed by atoms with van der Waals surface area (Å²) in [5.74, 6) is -0.999. The Morgan fingerprint density at radius 1 is 0.721 bits per heavy atom. The van der Waals surface area contributed by atoms with Crippen LogP contribution in [0.5, 0.6) is 23.0 Å². The number of aromatic nitrogens is 1. The number of carbonyl (C=O) groups excluding carboxylic acids is 3. The van der Waals surface area contributed by atoms with E-state index in [4.69, 9.17) is 18.9 Å². The molecule has 10 heteroatoms. The molecule has 0 bridgehead atoms. The van der Waals surface area contributed by atoms with Crippen molar-refractivity contribution in [2.24, 2.45) is 11.8 Å². The van der Waals surface area contributed by atoms with Crippen molar-refractivity contribution in [3.63, 3.8) is 0 Å². The van der Waals surface area contributed by atoms with Crippen LogP contribution in [0.4, 0.5) is 0 Å². The van der Waals surface area contributed by atoms with Gasteiger partial charge in [-0.25, -0.2) is 4.98 Å². The van der Waals surface area contributed by atoms with Crippen molar-refractivity contribution in [3.8, 4) is 23.0 Å². The van der Waals surface area contributed by atoms with Gasteiger partial charge in [0.1, 0.15) is 17.5 Å². The molecule has 10 nitrogen and oxygen atoms in total. The molecule has 43 heavy (non-hydrogen) atoms. The van der Waals surface area contributed by atoms with E-state index in [1.807, 2.05) is 69.3 Å². The van der Waals surface area contributed by atoms with Crippen molar-refractivity contribution in [2.45, 2.75) is 52.6 Å². The Kier molecular flexibility index (Phi) is 11.5. The number of benzene rings is 2. The predicted molar refractivity (Wildman–Crippen MR) is 163 cm³/mol. The predicted octanol–water partition coefficient (Wildman–Crippen LogP) is 4.76. The zero-order valence-corrected chi connectivity index (χ0v) is 26.0. The van der Waals surface area contributed by atoms with Gasteiger partial charge in [0, 0.05) is 24.2 Å². The Hall–Kier alpha value is -4.60. The summed E-state index contributed by atoms with van der Waals surface area (Å²) >= 11 is 0. The first kappa shape index (κ1) is 32.9. The smallest absolute Gasteiger partial charge is 0.313 e. The lowest BCUT2D eigenvalue weighted by Gasteiger charge is -2.29. The lowest BCUT2D eigenvalue weighted by Crippen LogP contribution is -2.52. The molecule has 0 saturated heterocycles. The molecule has 0 fully saturated rings. The zero-order valence-electron chi connectivity index (χ0n) is 26.0. The Morgan fingerprint density at radius 2 is 1.26 bits per heavy atom. The van der Waals surface area contributed by atoms with Crippen LogP contribution in [0.15, 0.2) is 60.8 Å². The van der Waals surface area contributed by atoms with Crippen molar-refractivity contribution in [1.82, 2.24) is 15.6 Å². The molecular weight excluding hydrogens is 550 g/mol. The van der Waals surface area contributed by atoms with Gasteiger partial charge < -0.3 is 29.6 Å². The lowest BCUT2D eigenvalue weighted by molar-refractivity contribution is -0.138. The van der Waals surface area contributed by atoms with E-state index in [0.717, 1.165) is 22.6 Å². The van der Waals surface area contributed by atoms with Crippen LogP contribution >= 0.6 is 0 Å².